The molecule has 1 aromatic carbocycles. The van der Waals surface area contributed by atoms with Crippen molar-refractivity contribution in [3.8, 4) is 0 Å². The molecule has 1 aromatic rings. The van der Waals surface area contributed by atoms with Crippen LogP contribution < -0.4 is 0 Å². The predicted octanol–water partition coefficient (Wildman–Crippen LogP) is 3.78. The third kappa shape index (κ3) is 3.18. The monoisotopic (exact) mass is 239 g/mol. The van der Waals surface area contributed by atoms with Crippen LogP contribution >= 0.6 is 0 Å². The molecular formula is C9H9F4NO2. The Morgan fingerprint density at radius 1 is 1.25 bits per heavy atom. The number of nitro benzene ring substituents is 1. The molecule has 0 saturated carbocycles. The van der Waals surface area contributed by atoms with Gasteiger partial charge < -0.3 is 0 Å². The van der Waals surface area contributed by atoms with Crippen LogP contribution in [0.25, 0.3) is 0 Å². The van der Waals surface area contributed by atoms with E-state index >= 15 is 0 Å². The van der Waals surface area contributed by atoms with Gasteiger partial charge in [-0.15, -0.1) is 0 Å². The molecule has 0 heterocycles. The lowest BCUT2D eigenvalue weighted by atomic mass is 10.2. The van der Waals surface area contributed by atoms with Crippen LogP contribution in [0.5, 0.6) is 0 Å². The molecule has 0 aliphatic heterocycles. The maximum Gasteiger partial charge on any atom is 0.419 e. The van der Waals surface area contributed by atoms with Crippen molar-refractivity contribution >= 4 is 5.69 Å². The minimum atomic E-state index is -4.92. The van der Waals surface area contributed by atoms with Crippen LogP contribution in [0.15, 0.2) is 18.2 Å². The highest BCUT2D eigenvalue weighted by Crippen LogP contribution is 2.34. The highest BCUT2D eigenvalue weighted by molar-refractivity contribution is 5.37. The maximum absolute atomic E-state index is 12.9. The Morgan fingerprint density at radius 3 is 2.12 bits per heavy atom. The van der Waals surface area contributed by atoms with E-state index in [0.29, 0.717) is 12.1 Å². The molecule has 16 heavy (non-hydrogen) atoms. The van der Waals surface area contributed by atoms with Gasteiger partial charge in [-0.3, -0.25) is 10.1 Å². The van der Waals surface area contributed by atoms with E-state index < -0.39 is 28.2 Å². The SMILES string of the molecule is CC.O=[N+]([O-])c1cccc(C(F)(F)F)c1F. The lowest BCUT2D eigenvalue weighted by Gasteiger charge is -2.06. The molecule has 0 bridgehead atoms. The molecule has 0 aromatic heterocycles. The largest absolute Gasteiger partial charge is 0.419 e. The number of hydrogen-bond acceptors (Lipinski definition) is 2. The molecule has 1 rings (SSSR count). The molecule has 90 valence electrons. The van der Waals surface area contributed by atoms with Gasteiger partial charge in [0.15, 0.2) is 0 Å². The number of benzene rings is 1. The van der Waals surface area contributed by atoms with E-state index in [2.05, 4.69) is 0 Å². The summed E-state index contributed by atoms with van der Waals surface area (Å²) in [5.41, 5.74) is -2.81. The van der Waals surface area contributed by atoms with Gasteiger partial charge in [0.05, 0.1) is 10.5 Å². The normalized spacial score (nSPS) is 10.4. The van der Waals surface area contributed by atoms with Crippen LogP contribution in [0.1, 0.15) is 19.4 Å². The van der Waals surface area contributed by atoms with E-state index in [1.54, 1.807) is 0 Å². The van der Waals surface area contributed by atoms with Gasteiger partial charge >= 0.3 is 11.9 Å². The van der Waals surface area contributed by atoms with Crippen molar-refractivity contribution in [1.82, 2.24) is 0 Å². The number of nitro groups is 1. The molecule has 0 unspecified atom stereocenters. The summed E-state index contributed by atoms with van der Waals surface area (Å²) in [5.74, 6) is -1.86. The van der Waals surface area contributed by atoms with E-state index in [0.717, 1.165) is 6.07 Å². The minimum absolute atomic E-state index is 0.447. The third-order valence-corrected chi connectivity index (χ3v) is 1.48. The molecule has 3 nitrogen and oxygen atoms in total. The zero-order chi connectivity index (χ0) is 12.9. The molecule has 0 amide bonds. The first kappa shape index (κ1) is 14.3. The van der Waals surface area contributed by atoms with Crippen LogP contribution in [0.4, 0.5) is 23.2 Å². The van der Waals surface area contributed by atoms with Crippen molar-refractivity contribution < 1.29 is 22.5 Å². The van der Waals surface area contributed by atoms with Crippen molar-refractivity contribution in [3.63, 3.8) is 0 Å². The Kier molecular flexibility index (Phi) is 4.87. The van der Waals surface area contributed by atoms with E-state index in [4.69, 9.17) is 0 Å². The molecule has 0 aliphatic carbocycles. The first-order valence-corrected chi connectivity index (χ1v) is 4.34. The molecular weight excluding hydrogens is 230 g/mol. The lowest BCUT2D eigenvalue weighted by molar-refractivity contribution is -0.387. The molecule has 0 fully saturated rings. The Morgan fingerprint density at radius 2 is 1.75 bits per heavy atom. The van der Waals surface area contributed by atoms with Crippen molar-refractivity contribution in [2.45, 2.75) is 20.0 Å². The molecule has 0 N–H and O–H groups in total. The second-order valence-corrected chi connectivity index (χ2v) is 2.39. The first-order chi connectivity index (χ1) is 7.34. The lowest BCUT2D eigenvalue weighted by Crippen LogP contribution is -2.09. The summed E-state index contributed by atoms with van der Waals surface area (Å²) in [6, 6.07) is 1.90. The summed E-state index contributed by atoms with van der Waals surface area (Å²) < 4.78 is 48.9. The standard InChI is InChI=1S/C7H3F4NO2.C2H6/c8-6-4(7(9,10)11)2-1-3-5(6)12(13)14;1-2/h1-3H;1-2H3. The summed E-state index contributed by atoms with van der Waals surface area (Å²) in [4.78, 5) is 8.90. The van der Waals surface area contributed by atoms with Gasteiger partial charge in [0.2, 0.25) is 5.82 Å². The van der Waals surface area contributed by atoms with Crippen LogP contribution in [-0.4, -0.2) is 4.92 Å². The van der Waals surface area contributed by atoms with Gasteiger partial charge in [0, 0.05) is 6.07 Å². The molecule has 0 saturated heterocycles. The van der Waals surface area contributed by atoms with E-state index in [1.165, 1.54) is 0 Å². The average molecular weight is 239 g/mol. The van der Waals surface area contributed by atoms with Gasteiger partial charge in [-0.2, -0.15) is 17.6 Å². The second-order valence-electron chi connectivity index (χ2n) is 2.39. The van der Waals surface area contributed by atoms with Crippen molar-refractivity contribution in [2.24, 2.45) is 0 Å². The van der Waals surface area contributed by atoms with Gasteiger partial charge in [-0.1, -0.05) is 19.9 Å². The number of alkyl halides is 3. The summed E-state index contributed by atoms with van der Waals surface area (Å²) in [5, 5.41) is 10.1. The summed E-state index contributed by atoms with van der Waals surface area (Å²) in [6.45, 7) is 4.00. The van der Waals surface area contributed by atoms with Gasteiger partial charge in [0.1, 0.15) is 0 Å². The summed E-state index contributed by atoms with van der Waals surface area (Å²) >= 11 is 0. The predicted molar refractivity (Wildman–Crippen MR) is 49.4 cm³/mol. The van der Waals surface area contributed by atoms with Crippen LogP contribution in [0.2, 0.25) is 0 Å². The number of nitrogens with zero attached hydrogens (tertiary/aromatic N) is 1. The van der Waals surface area contributed by atoms with Crippen LogP contribution in [0.3, 0.4) is 0 Å². The number of hydrogen-bond donors (Lipinski definition) is 0. The molecule has 0 aliphatic rings. The van der Waals surface area contributed by atoms with Gasteiger partial charge in [0.25, 0.3) is 0 Å². The molecule has 0 spiro atoms. The van der Waals surface area contributed by atoms with Gasteiger partial charge in [-0.25, -0.2) is 0 Å². The number of rotatable bonds is 1. The smallest absolute Gasteiger partial charge is 0.258 e. The topological polar surface area (TPSA) is 43.1 Å². The average Bonchev–Trinajstić information content (AvgIpc) is 2.19. The Bertz CT molecular complexity index is 376. The van der Waals surface area contributed by atoms with Crippen LogP contribution in [-0.2, 0) is 6.18 Å². The Balaban J connectivity index is 0.00000106. The Labute approximate surface area is 88.8 Å². The fourth-order valence-corrected chi connectivity index (χ4v) is 0.880. The molecule has 0 atom stereocenters. The maximum atomic E-state index is 12.9. The fraction of sp³-hybridized carbons (Fsp3) is 0.333. The van der Waals surface area contributed by atoms with Crippen LogP contribution in [0, 0.1) is 15.9 Å². The highest BCUT2D eigenvalue weighted by atomic mass is 19.4. The quantitative estimate of drug-likeness (QED) is 0.425. The molecule has 0 radical (unpaired) electrons. The van der Waals surface area contributed by atoms with Gasteiger partial charge in [-0.05, 0) is 6.07 Å². The fourth-order valence-electron chi connectivity index (χ4n) is 0.880. The number of halogens is 4. The molecule has 7 heteroatoms. The summed E-state index contributed by atoms with van der Waals surface area (Å²) in [6.07, 6.45) is -4.92. The van der Waals surface area contributed by atoms with Crippen molar-refractivity contribution in [2.75, 3.05) is 0 Å². The van der Waals surface area contributed by atoms with E-state index in [-0.39, 0.29) is 0 Å². The van der Waals surface area contributed by atoms with Crippen molar-refractivity contribution in [3.05, 3.63) is 39.7 Å². The first-order valence-electron chi connectivity index (χ1n) is 4.34. The zero-order valence-corrected chi connectivity index (χ0v) is 8.51. The Hall–Kier alpha value is -1.66. The third-order valence-electron chi connectivity index (χ3n) is 1.48. The second kappa shape index (κ2) is 5.43. The highest BCUT2D eigenvalue weighted by Gasteiger charge is 2.37. The minimum Gasteiger partial charge on any atom is -0.258 e. The van der Waals surface area contributed by atoms with E-state index in [9.17, 15) is 27.7 Å². The summed E-state index contributed by atoms with van der Waals surface area (Å²) in [7, 11) is 0. The van der Waals surface area contributed by atoms with E-state index in [1.807, 2.05) is 13.8 Å². The zero-order valence-electron chi connectivity index (χ0n) is 8.51. The van der Waals surface area contributed by atoms with Crippen molar-refractivity contribution in [1.29, 1.82) is 0 Å².